The van der Waals surface area contributed by atoms with Crippen LogP contribution in [-0.2, 0) is 13.2 Å². The van der Waals surface area contributed by atoms with E-state index in [9.17, 15) is 4.39 Å². The average Bonchev–Trinajstić information content (AvgIpc) is 2.38. The van der Waals surface area contributed by atoms with Gasteiger partial charge in [0, 0.05) is 6.54 Å². The molecule has 0 heterocycles. The Morgan fingerprint density at radius 3 is 2.24 bits per heavy atom. The van der Waals surface area contributed by atoms with Crippen molar-refractivity contribution in [3.63, 3.8) is 0 Å². The lowest BCUT2D eigenvalue weighted by molar-refractivity contribution is 0.290. The third-order valence-corrected chi connectivity index (χ3v) is 2.49. The first-order valence-electron chi connectivity index (χ1n) is 5.45. The maximum Gasteiger partial charge on any atom is 0.165 e. The zero-order valence-electron chi connectivity index (χ0n) is 9.40. The molecule has 2 aromatic carbocycles. The van der Waals surface area contributed by atoms with Crippen molar-refractivity contribution < 1.29 is 9.13 Å². The van der Waals surface area contributed by atoms with E-state index in [1.54, 1.807) is 18.2 Å². The van der Waals surface area contributed by atoms with Crippen LogP contribution in [-0.4, -0.2) is 0 Å². The second-order valence-corrected chi connectivity index (χ2v) is 3.74. The summed E-state index contributed by atoms with van der Waals surface area (Å²) < 4.78 is 18.7. The van der Waals surface area contributed by atoms with Crippen LogP contribution in [0, 0.1) is 5.82 Å². The highest BCUT2D eigenvalue weighted by Crippen LogP contribution is 2.17. The Labute approximate surface area is 99.8 Å². The minimum atomic E-state index is -0.342. The van der Waals surface area contributed by atoms with E-state index in [0.29, 0.717) is 13.2 Å². The van der Waals surface area contributed by atoms with Gasteiger partial charge in [-0.3, -0.25) is 0 Å². The highest BCUT2D eigenvalue weighted by Gasteiger charge is 2.01. The molecule has 2 N–H and O–H groups in total. The zero-order valence-corrected chi connectivity index (χ0v) is 9.40. The van der Waals surface area contributed by atoms with Crippen molar-refractivity contribution in [1.82, 2.24) is 0 Å². The molecule has 0 saturated heterocycles. The standard InChI is InChI=1S/C14H14FNO/c15-13-3-1-2-4-14(13)17-10-12-7-5-11(9-16)6-8-12/h1-8H,9-10,16H2. The summed E-state index contributed by atoms with van der Waals surface area (Å²) in [5.74, 6) is -0.0681. The van der Waals surface area contributed by atoms with E-state index in [2.05, 4.69) is 0 Å². The molecule has 0 unspecified atom stereocenters. The maximum absolute atomic E-state index is 13.3. The maximum atomic E-state index is 13.3. The molecule has 2 aromatic rings. The second kappa shape index (κ2) is 5.46. The molecule has 0 aliphatic heterocycles. The van der Waals surface area contributed by atoms with Crippen molar-refractivity contribution in [2.24, 2.45) is 5.73 Å². The SMILES string of the molecule is NCc1ccc(COc2ccccc2F)cc1. The smallest absolute Gasteiger partial charge is 0.165 e. The van der Waals surface area contributed by atoms with E-state index in [4.69, 9.17) is 10.5 Å². The second-order valence-electron chi connectivity index (χ2n) is 3.74. The minimum Gasteiger partial charge on any atom is -0.486 e. The van der Waals surface area contributed by atoms with Crippen molar-refractivity contribution in [2.45, 2.75) is 13.2 Å². The van der Waals surface area contributed by atoms with E-state index < -0.39 is 0 Å². The number of rotatable bonds is 4. The molecule has 0 spiro atoms. The number of hydrogen-bond donors (Lipinski definition) is 1. The van der Waals surface area contributed by atoms with E-state index in [0.717, 1.165) is 11.1 Å². The normalized spacial score (nSPS) is 10.2. The summed E-state index contributed by atoms with van der Waals surface area (Å²) in [4.78, 5) is 0. The van der Waals surface area contributed by atoms with E-state index in [-0.39, 0.29) is 11.6 Å². The van der Waals surface area contributed by atoms with Gasteiger partial charge >= 0.3 is 0 Å². The Kier molecular flexibility index (Phi) is 3.73. The summed E-state index contributed by atoms with van der Waals surface area (Å²) >= 11 is 0. The fraction of sp³-hybridized carbons (Fsp3) is 0.143. The van der Waals surface area contributed by atoms with Gasteiger partial charge in [-0.1, -0.05) is 36.4 Å². The van der Waals surface area contributed by atoms with Gasteiger partial charge in [-0.2, -0.15) is 0 Å². The number of benzene rings is 2. The molecule has 88 valence electrons. The predicted octanol–water partition coefficient (Wildman–Crippen LogP) is 2.86. The first kappa shape index (κ1) is 11.6. The molecule has 2 nitrogen and oxygen atoms in total. The molecule has 2 rings (SSSR count). The summed E-state index contributed by atoms with van der Waals surface area (Å²) in [6.45, 7) is 0.875. The summed E-state index contributed by atoms with van der Waals surface area (Å²) in [7, 11) is 0. The summed E-state index contributed by atoms with van der Waals surface area (Å²) in [5, 5.41) is 0. The van der Waals surface area contributed by atoms with Crippen LogP contribution in [0.5, 0.6) is 5.75 Å². The topological polar surface area (TPSA) is 35.2 Å². The quantitative estimate of drug-likeness (QED) is 0.878. The van der Waals surface area contributed by atoms with Crippen LogP contribution in [0.3, 0.4) is 0 Å². The highest BCUT2D eigenvalue weighted by molar-refractivity contribution is 5.25. The minimum absolute atomic E-state index is 0.274. The lowest BCUT2D eigenvalue weighted by atomic mass is 10.1. The number of nitrogens with two attached hydrogens (primary N) is 1. The van der Waals surface area contributed by atoms with Crippen molar-refractivity contribution in [3.05, 3.63) is 65.5 Å². The van der Waals surface area contributed by atoms with Gasteiger partial charge in [-0.25, -0.2) is 4.39 Å². The van der Waals surface area contributed by atoms with Crippen molar-refractivity contribution >= 4 is 0 Å². The summed E-state index contributed by atoms with van der Waals surface area (Å²) in [6, 6.07) is 14.1. The van der Waals surface area contributed by atoms with Crippen LogP contribution >= 0.6 is 0 Å². The lowest BCUT2D eigenvalue weighted by Crippen LogP contribution is -1.99. The highest BCUT2D eigenvalue weighted by atomic mass is 19.1. The Morgan fingerprint density at radius 1 is 0.941 bits per heavy atom. The van der Waals surface area contributed by atoms with E-state index in [1.807, 2.05) is 24.3 Å². The van der Waals surface area contributed by atoms with Crippen LogP contribution < -0.4 is 10.5 Å². The van der Waals surface area contributed by atoms with Crippen LogP contribution in [0.15, 0.2) is 48.5 Å². The van der Waals surface area contributed by atoms with Gasteiger partial charge < -0.3 is 10.5 Å². The molecular formula is C14H14FNO. The number of para-hydroxylation sites is 1. The number of halogens is 1. The van der Waals surface area contributed by atoms with Gasteiger partial charge in [0.25, 0.3) is 0 Å². The van der Waals surface area contributed by atoms with Gasteiger partial charge in [-0.15, -0.1) is 0 Å². The molecule has 17 heavy (non-hydrogen) atoms. The Bertz CT molecular complexity index is 482. The van der Waals surface area contributed by atoms with Crippen LogP contribution in [0.4, 0.5) is 4.39 Å². The monoisotopic (exact) mass is 231 g/mol. The third kappa shape index (κ3) is 3.04. The van der Waals surface area contributed by atoms with Crippen molar-refractivity contribution in [1.29, 1.82) is 0 Å². The number of hydrogen-bond acceptors (Lipinski definition) is 2. The van der Waals surface area contributed by atoms with Gasteiger partial charge in [-0.05, 0) is 23.3 Å². The van der Waals surface area contributed by atoms with Crippen LogP contribution in [0.1, 0.15) is 11.1 Å². The predicted molar refractivity (Wildman–Crippen MR) is 65.1 cm³/mol. The first-order valence-corrected chi connectivity index (χ1v) is 5.45. The molecular weight excluding hydrogens is 217 g/mol. The van der Waals surface area contributed by atoms with Gasteiger partial charge in [0.15, 0.2) is 11.6 Å². The molecule has 3 heteroatoms. The van der Waals surface area contributed by atoms with Crippen molar-refractivity contribution in [3.8, 4) is 5.75 Å². The lowest BCUT2D eigenvalue weighted by Gasteiger charge is -2.07. The Balaban J connectivity index is 2.00. The van der Waals surface area contributed by atoms with Gasteiger partial charge in [0.05, 0.1) is 0 Å². The van der Waals surface area contributed by atoms with Gasteiger partial charge in [0.1, 0.15) is 6.61 Å². The van der Waals surface area contributed by atoms with Crippen molar-refractivity contribution in [2.75, 3.05) is 0 Å². The van der Waals surface area contributed by atoms with E-state index >= 15 is 0 Å². The first-order chi connectivity index (χ1) is 8.29. The molecule has 0 aliphatic carbocycles. The molecule has 0 bridgehead atoms. The fourth-order valence-corrected chi connectivity index (χ4v) is 1.49. The molecule has 0 atom stereocenters. The molecule has 0 aliphatic rings. The average molecular weight is 231 g/mol. The largest absolute Gasteiger partial charge is 0.486 e. The molecule has 0 radical (unpaired) electrons. The Morgan fingerprint density at radius 2 is 1.59 bits per heavy atom. The number of ether oxygens (including phenoxy) is 1. The fourth-order valence-electron chi connectivity index (χ4n) is 1.49. The van der Waals surface area contributed by atoms with Gasteiger partial charge in [0.2, 0.25) is 0 Å². The zero-order chi connectivity index (χ0) is 12.1. The Hall–Kier alpha value is -1.87. The molecule has 0 amide bonds. The molecule has 0 aromatic heterocycles. The molecule has 0 fully saturated rings. The molecule has 0 saturated carbocycles. The third-order valence-electron chi connectivity index (χ3n) is 2.49. The van der Waals surface area contributed by atoms with Crippen LogP contribution in [0.2, 0.25) is 0 Å². The summed E-state index contributed by atoms with van der Waals surface area (Å²) in [6.07, 6.45) is 0. The van der Waals surface area contributed by atoms with Crippen LogP contribution in [0.25, 0.3) is 0 Å². The summed E-state index contributed by atoms with van der Waals surface area (Å²) in [5.41, 5.74) is 7.56. The van der Waals surface area contributed by atoms with E-state index in [1.165, 1.54) is 6.07 Å².